The molecule has 2 atom stereocenters. The minimum Gasteiger partial charge on any atom is -0.481 e. The number of Topliss-reactive ketones (excluding diaryl/α,β-unsaturated/α-hetero) is 1. The second-order valence-corrected chi connectivity index (χ2v) is 7.98. The smallest absolute Gasteiger partial charge is 0.338 e. The summed E-state index contributed by atoms with van der Waals surface area (Å²) >= 11 is 3.29. The van der Waals surface area contributed by atoms with Crippen molar-refractivity contribution in [3.05, 3.63) is 76.3 Å². The van der Waals surface area contributed by atoms with Crippen LogP contribution < -0.4 is 5.32 Å². The third-order valence-corrected chi connectivity index (χ3v) is 5.50. The van der Waals surface area contributed by atoms with Crippen molar-refractivity contribution in [2.75, 3.05) is 11.9 Å². The maximum Gasteiger partial charge on any atom is 0.338 e. The molecule has 31 heavy (non-hydrogen) atoms. The summed E-state index contributed by atoms with van der Waals surface area (Å²) in [4.78, 5) is 48.2. The molecule has 1 aliphatic carbocycles. The van der Waals surface area contributed by atoms with Crippen LogP contribution in [-0.4, -0.2) is 35.3 Å². The van der Waals surface area contributed by atoms with Gasteiger partial charge in [0.1, 0.15) is 0 Å². The molecule has 2 N–H and O–H groups in total. The van der Waals surface area contributed by atoms with Crippen LogP contribution in [0.3, 0.4) is 0 Å². The molecule has 0 saturated heterocycles. The van der Waals surface area contributed by atoms with E-state index in [-0.39, 0.29) is 23.9 Å². The van der Waals surface area contributed by atoms with E-state index >= 15 is 0 Å². The van der Waals surface area contributed by atoms with Gasteiger partial charge in [-0.1, -0.05) is 40.2 Å². The predicted octanol–water partition coefficient (Wildman–Crippen LogP) is 4.09. The fourth-order valence-electron chi connectivity index (χ4n) is 3.24. The number of ketones is 1. The number of allylic oxidation sites excluding steroid dienone is 2. The molecule has 2 aromatic carbocycles. The van der Waals surface area contributed by atoms with E-state index in [1.807, 2.05) is 0 Å². The number of hydrogen-bond donors (Lipinski definition) is 2. The molecular formula is C23H20BrNO6. The van der Waals surface area contributed by atoms with Crippen molar-refractivity contribution >= 4 is 45.2 Å². The zero-order chi connectivity index (χ0) is 22.4. The number of carboxylic acids is 1. The summed E-state index contributed by atoms with van der Waals surface area (Å²) in [6, 6.07) is 12.7. The lowest BCUT2D eigenvalue weighted by Crippen LogP contribution is -2.34. The Morgan fingerprint density at radius 1 is 0.903 bits per heavy atom. The molecule has 0 spiro atoms. The van der Waals surface area contributed by atoms with Crippen molar-refractivity contribution < 1.29 is 29.0 Å². The van der Waals surface area contributed by atoms with Gasteiger partial charge in [-0.05, 0) is 49.2 Å². The van der Waals surface area contributed by atoms with Crippen LogP contribution >= 0.6 is 15.9 Å². The summed E-state index contributed by atoms with van der Waals surface area (Å²) in [5.74, 6) is -3.78. The van der Waals surface area contributed by atoms with Crippen molar-refractivity contribution in [3.8, 4) is 0 Å². The Morgan fingerprint density at radius 3 is 2.10 bits per heavy atom. The first-order valence-electron chi connectivity index (χ1n) is 9.60. The number of carboxylic acid groups (broad SMARTS) is 1. The standard InChI is InChI=1S/C23H20BrNO6/c24-16-9-5-14(6-10-16)20(26)13-31-23(30)15-7-11-17(12-8-15)25-21(27)18-3-1-2-4-19(18)22(28)29/h1-2,5-12,18-19H,3-4,13H2,(H,25,27)(H,28,29)/t18-,19-/m1/s1. The van der Waals surface area contributed by atoms with Gasteiger partial charge < -0.3 is 15.2 Å². The first-order valence-corrected chi connectivity index (χ1v) is 10.4. The minimum atomic E-state index is -1.000. The number of benzene rings is 2. The number of ether oxygens (including phenoxy) is 1. The monoisotopic (exact) mass is 485 g/mol. The highest BCUT2D eigenvalue weighted by Gasteiger charge is 2.33. The van der Waals surface area contributed by atoms with E-state index in [2.05, 4.69) is 21.2 Å². The van der Waals surface area contributed by atoms with Gasteiger partial charge in [-0.15, -0.1) is 0 Å². The minimum absolute atomic E-state index is 0.227. The molecule has 0 heterocycles. The maximum atomic E-state index is 12.5. The lowest BCUT2D eigenvalue weighted by atomic mass is 9.82. The largest absolute Gasteiger partial charge is 0.481 e. The number of nitrogens with one attached hydrogen (secondary N) is 1. The van der Waals surface area contributed by atoms with Crippen LogP contribution in [0.4, 0.5) is 5.69 Å². The van der Waals surface area contributed by atoms with Gasteiger partial charge in [0.25, 0.3) is 0 Å². The SMILES string of the molecule is O=C(COC(=O)c1ccc(NC(=O)[C@@H]2CC=CC[C@H]2C(=O)O)cc1)c1ccc(Br)cc1. The van der Waals surface area contributed by atoms with E-state index < -0.39 is 23.8 Å². The van der Waals surface area contributed by atoms with Crippen LogP contribution in [0.2, 0.25) is 0 Å². The van der Waals surface area contributed by atoms with Crippen LogP contribution in [0.5, 0.6) is 0 Å². The third-order valence-electron chi connectivity index (χ3n) is 4.98. The number of aliphatic carboxylic acids is 1. The van der Waals surface area contributed by atoms with E-state index in [0.717, 1.165) is 4.47 Å². The number of anilines is 1. The Labute approximate surface area is 187 Å². The van der Waals surface area contributed by atoms with Gasteiger partial charge in [-0.25, -0.2) is 4.79 Å². The lowest BCUT2D eigenvalue weighted by molar-refractivity contribution is -0.146. The number of amides is 1. The Bertz CT molecular complexity index is 1010. The van der Waals surface area contributed by atoms with Gasteiger partial charge in [0.2, 0.25) is 5.91 Å². The zero-order valence-electron chi connectivity index (χ0n) is 16.4. The highest BCUT2D eigenvalue weighted by molar-refractivity contribution is 9.10. The van der Waals surface area contributed by atoms with E-state index in [9.17, 15) is 24.3 Å². The fourth-order valence-corrected chi connectivity index (χ4v) is 3.50. The molecule has 1 aliphatic rings. The Morgan fingerprint density at radius 2 is 1.48 bits per heavy atom. The maximum absolute atomic E-state index is 12.5. The summed E-state index contributed by atoms with van der Waals surface area (Å²) in [6.07, 6.45) is 4.25. The van der Waals surface area contributed by atoms with Gasteiger partial charge in [-0.3, -0.25) is 14.4 Å². The van der Waals surface area contributed by atoms with Gasteiger partial charge in [0.15, 0.2) is 12.4 Å². The second kappa shape index (κ2) is 10.2. The molecule has 3 rings (SSSR count). The topological polar surface area (TPSA) is 110 Å². The third kappa shape index (κ3) is 5.88. The Kier molecular flexibility index (Phi) is 7.36. The lowest BCUT2D eigenvalue weighted by Gasteiger charge is -2.24. The summed E-state index contributed by atoms with van der Waals surface area (Å²) in [6.45, 7) is -0.384. The van der Waals surface area contributed by atoms with Gasteiger partial charge >= 0.3 is 11.9 Å². The molecule has 2 aromatic rings. The fraction of sp³-hybridized carbons (Fsp3) is 0.217. The molecule has 0 fully saturated rings. The summed E-state index contributed by atoms with van der Waals surface area (Å²) in [7, 11) is 0. The molecule has 0 radical (unpaired) electrons. The molecule has 0 saturated carbocycles. The first kappa shape index (κ1) is 22.4. The number of hydrogen-bond acceptors (Lipinski definition) is 5. The molecule has 160 valence electrons. The summed E-state index contributed by atoms with van der Waals surface area (Å²) < 4.78 is 5.91. The second-order valence-electron chi connectivity index (χ2n) is 7.07. The van der Waals surface area contributed by atoms with Crippen molar-refractivity contribution in [1.29, 1.82) is 0 Å². The van der Waals surface area contributed by atoms with Crippen molar-refractivity contribution in [3.63, 3.8) is 0 Å². The highest BCUT2D eigenvalue weighted by atomic mass is 79.9. The van der Waals surface area contributed by atoms with Gasteiger partial charge in [0.05, 0.1) is 17.4 Å². The number of halogens is 1. The van der Waals surface area contributed by atoms with E-state index in [0.29, 0.717) is 24.1 Å². The Balaban J connectivity index is 1.55. The molecule has 0 aliphatic heterocycles. The molecule has 0 aromatic heterocycles. The zero-order valence-corrected chi connectivity index (χ0v) is 18.0. The van der Waals surface area contributed by atoms with Crippen molar-refractivity contribution in [2.24, 2.45) is 11.8 Å². The molecule has 1 amide bonds. The first-order chi connectivity index (χ1) is 14.8. The number of esters is 1. The molecule has 8 heteroatoms. The van der Waals surface area contributed by atoms with E-state index in [4.69, 9.17) is 4.74 Å². The Hall–Kier alpha value is -3.26. The normalized spacial score (nSPS) is 17.6. The van der Waals surface area contributed by atoms with Crippen LogP contribution in [0.25, 0.3) is 0 Å². The van der Waals surface area contributed by atoms with Crippen molar-refractivity contribution in [1.82, 2.24) is 0 Å². The average molecular weight is 486 g/mol. The van der Waals surface area contributed by atoms with Gasteiger partial charge in [0, 0.05) is 15.7 Å². The van der Waals surface area contributed by atoms with Gasteiger partial charge in [-0.2, -0.15) is 0 Å². The molecule has 0 bridgehead atoms. The van der Waals surface area contributed by atoms with E-state index in [1.54, 1.807) is 36.4 Å². The average Bonchev–Trinajstić information content (AvgIpc) is 2.78. The number of carbonyl (C=O) groups excluding carboxylic acids is 3. The highest BCUT2D eigenvalue weighted by Crippen LogP contribution is 2.27. The van der Waals surface area contributed by atoms with Crippen LogP contribution in [0, 0.1) is 11.8 Å². The van der Waals surface area contributed by atoms with Crippen LogP contribution in [0.15, 0.2) is 65.2 Å². The quantitative estimate of drug-likeness (QED) is 0.347. The number of carbonyl (C=O) groups is 4. The van der Waals surface area contributed by atoms with Crippen LogP contribution in [-0.2, 0) is 14.3 Å². The number of rotatable bonds is 7. The summed E-state index contributed by atoms with van der Waals surface area (Å²) in [5, 5.41) is 12.0. The van der Waals surface area contributed by atoms with Crippen molar-refractivity contribution in [2.45, 2.75) is 12.8 Å². The summed E-state index contributed by atoms with van der Waals surface area (Å²) in [5.41, 5.74) is 1.10. The predicted molar refractivity (Wildman–Crippen MR) is 117 cm³/mol. The van der Waals surface area contributed by atoms with E-state index in [1.165, 1.54) is 24.3 Å². The molecule has 7 nitrogen and oxygen atoms in total. The molecular weight excluding hydrogens is 466 g/mol. The molecule has 0 unspecified atom stereocenters. The van der Waals surface area contributed by atoms with Crippen LogP contribution in [0.1, 0.15) is 33.6 Å².